The summed E-state index contributed by atoms with van der Waals surface area (Å²) >= 11 is 0. The van der Waals surface area contributed by atoms with Crippen LogP contribution in [0.1, 0.15) is 78.1 Å². The summed E-state index contributed by atoms with van der Waals surface area (Å²) in [7, 11) is 0. The van der Waals surface area contributed by atoms with Gasteiger partial charge in [-0.25, -0.2) is 0 Å². The molecule has 0 aromatic carbocycles. The van der Waals surface area contributed by atoms with Crippen molar-refractivity contribution in [1.29, 1.82) is 0 Å². The lowest BCUT2D eigenvalue weighted by Crippen LogP contribution is -2.29. The second-order valence-corrected chi connectivity index (χ2v) is 6.00. The number of hydrogen-bond donors (Lipinski definition) is 1. The van der Waals surface area contributed by atoms with E-state index in [4.69, 9.17) is 5.73 Å². The molecule has 1 heteroatoms. The minimum absolute atomic E-state index is 0.476. The van der Waals surface area contributed by atoms with Crippen LogP contribution >= 0.6 is 0 Å². The first kappa shape index (κ1) is 14.0. The summed E-state index contributed by atoms with van der Waals surface area (Å²) in [6.07, 6.45) is 14.1. The standard InChI is InChI=1S/C15H31N/c1-3-4-5-6-7-8-9-12-15(2,13-16)14-10-11-14/h14H,3-13,16H2,1-2H3. The van der Waals surface area contributed by atoms with Crippen molar-refractivity contribution in [3.8, 4) is 0 Å². The lowest BCUT2D eigenvalue weighted by atomic mass is 9.80. The third-order valence-corrected chi connectivity index (χ3v) is 4.38. The monoisotopic (exact) mass is 225 g/mol. The van der Waals surface area contributed by atoms with Gasteiger partial charge in [0, 0.05) is 0 Å². The topological polar surface area (TPSA) is 26.0 Å². The van der Waals surface area contributed by atoms with Crippen LogP contribution in [-0.2, 0) is 0 Å². The molecule has 1 saturated carbocycles. The summed E-state index contributed by atoms with van der Waals surface area (Å²) in [5, 5.41) is 0. The maximum Gasteiger partial charge on any atom is -0.00205 e. The zero-order valence-electron chi connectivity index (χ0n) is 11.4. The van der Waals surface area contributed by atoms with Crippen LogP contribution in [0.4, 0.5) is 0 Å². The van der Waals surface area contributed by atoms with Crippen LogP contribution in [0.15, 0.2) is 0 Å². The highest BCUT2D eigenvalue weighted by atomic mass is 14.6. The normalized spacial score (nSPS) is 19.7. The maximum absolute atomic E-state index is 5.93. The van der Waals surface area contributed by atoms with Crippen LogP contribution in [0.2, 0.25) is 0 Å². The molecule has 0 aromatic rings. The third kappa shape index (κ3) is 4.86. The highest BCUT2D eigenvalue weighted by molar-refractivity contribution is 4.91. The van der Waals surface area contributed by atoms with Crippen LogP contribution in [0, 0.1) is 11.3 Å². The summed E-state index contributed by atoms with van der Waals surface area (Å²) in [6, 6.07) is 0. The zero-order valence-corrected chi connectivity index (χ0v) is 11.4. The van der Waals surface area contributed by atoms with Crippen LogP contribution < -0.4 is 5.73 Å². The van der Waals surface area contributed by atoms with Crippen molar-refractivity contribution in [3.63, 3.8) is 0 Å². The molecule has 1 aliphatic rings. The molecule has 0 amide bonds. The predicted molar refractivity (Wildman–Crippen MR) is 72.5 cm³/mol. The number of rotatable bonds is 10. The average molecular weight is 225 g/mol. The van der Waals surface area contributed by atoms with Gasteiger partial charge in [-0.3, -0.25) is 0 Å². The van der Waals surface area contributed by atoms with Crippen LogP contribution in [0.5, 0.6) is 0 Å². The highest BCUT2D eigenvalue weighted by Crippen LogP contribution is 2.47. The summed E-state index contributed by atoms with van der Waals surface area (Å²) in [4.78, 5) is 0. The molecular weight excluding hydrogens is 194 g/mol. The second-order valence-electron chi connectivity index (χ2n) is 6.00. The van der Waals surface area contributed by atoms with E-state index in [0.29, 0.717) is 5.41 Å². The third-order valence-electron chi connectivity index (χ3n) is 4.38. The molecule has 1 aliphatic carbocycles. The summed E-state index contributed by atoms with van der Waals surface area (Å²) in [5.41, 5.74) is 6.40. The van der Waals surface area contributed by atoms with Crippen molar-refractivity contribution in [1.82, 2.24) is 0 Å². The van der Waals surface area contributed by atoms with Crippen molar-refractivity contribution < 1.29 is 0 Å². The van der Waals surface area contributed by atoms with Crippen molar-refractivity contribution >= 4 is 0 Å². The molecule has 0 heterocycles. The number of unbranched alkanes of at least 4 members (excludes halogenated alkanes) is 6. The fraction of sp³-hybridized carbons (Fsp3) is 1.00. The van der Waals surface area contributed by atoms with Gasteiger partial charge in [-0.2, -0.15) is 0 Å². The molecule has 2 N–H and O–H groups in total. The largest absolute Gasteiger partial charge is 0.330 e. The number of hydrogen-bond acceptors (Lipinski definition) is 1. The van der Waals surface area contributed by atoms with Gasteiger partial charge in [0.1, 0.15) is 0 Å². The summed E-state index contributed by atoms with van der Waals surface area (Å²) in [5.74, 6) is 0.956. The minimum Gasteiger partial charge on any atom is -0.330 e. The fourth-order valence-corrected chi connectivity index (χ4v) is 2.74. The molecule has 1 fully saturated rings. The van der Waals surface area contributed by atoms with Gasteiger partial charge in [-0.15, -0.1) is 0 Å². The number of nitrogens with two attached hydrogens (primary N) is 1. The van der Waals surface area contributed by atoms with Crippen LogP contribution in [-0.4, -0.2) is 6.54 Å². The van der Waals surface area contributed by atoms with Crippen molar-refractivity contribution in [2.45, 2.75) is 78.1 Å². The fourth-order valence-electron chi connectivity index (χ4n) is 2.74. The molecule has 0 bridgehead atoms. The molecule has 96 valence electrons. The van der Waals surface area contributed by atoms with E-state index in [9.17, 15) is 0 Å². The Bertz CT molecular complexity index is 174. The van der Waals surface area contributed by atoms with Gasteiger partial charge in [0.05, 0.1) is 0 Å². The quantitative estimate of drug-likeness (QED) is 0.544. The van der Waals surface area contributed by atoms with E-state index < -0.39 is 0 Å². The van der Waals surface area contributed by atoms with Crippen molar-refractivity contribution in [2.24, 2.45) is 17.1 Å². The Hall–Kier alpha value is -0.0400. The molecule has 0 aromatic heterocycles. The van der Waals surface area contributed by atoms with Crippen molar-refractivity contribution in [2.75, 3.05) is 6.54 Å². The van der Waals surface area contributed by atoms with Gasteiger partial charge in [-0.1, -0.05) is 58.8 Å². The average Bonchev–Trinajstić information content (AvgIpc) is 3.12. The Kier molecular flexibility index (Phi) is 6.41. The first-order valence-electron chi connectivity index (χ1n) is 7.43. The Labute approximate surface area is 102 Å². The van der Waals surface area contributed by atoms with E-state index >= 15 is 0 Å². The van der Waals surface area contributed by atoms with Gasteiger partial charge in [0.25, 0.3) is 0 Å². The van der Waals surface area contributed by atoms with Gasteiger partial charge in [-0.05, 0) is 37.1 Å². The molecule has 0 saturated heterocycles. The minimum atomic E-state index is 0.476. The van der Waals surface area contributed by atoms with Crippen LogP contribution in [0.3, 0.4) is 0 Å². The predicted octanol–water partition coefficient (Wildman–Crippen LogP) is 4.50. The summed E-state index contributed by atoms with van der Waals surface area (Å²) in [6.45, 7) is 5.58. The Morgan fingerprint density at radius 3 is 2.06 bits per heavy atom. The van der Waals surface area contributed by atoms with E-state index in [1.54, 1.807) is 0 Å². The Morgan fingerprint density at radius 1 is 1.00 bits per heavy atom. The highest BCUT2D eigenvalue weighted by Gasteiger charge is 2.39. The molecule has 0 spiro atoms. The van der Waals surface area contributed by atoms with E-state index in [0.717, 1.165) is 12.5 Å². The lowest BCUT2D eigenvalue weighted by molar-refractivity contribution is 0.249. The molecule has 1 atom stereocenters. The molecular formula is C15H31N. The van der Waals surface area contributed by atoms with Gasteiger partial charge < -0.3 is 5.73 Å². The Morgan fingerprint density at radius 2 is 1.56 bits per heavy atom. The van der Waals surface area contributed by atoms with Crippen LogP contribution in [0.25, 0.3) is 0 Å². The summed E-state index contributed by atoms with van der Waals surface area (Å²) < 4.78 is 0. The lowest BCUT2D eigenvalue weighted by Gasteiger charge is -2.28. The zero-order chi connectivity index (χ0) is 11.9. The first-order chi connectivity index (χ1) is 7.73. The molecule has 0 radical (unpaired) electrons. The SMILES string of the molecule is CCCCCCCCCC(C)(CN)C1CC1. The van der Waals surface area contributed by atoms with E-state index in [2.05, 4.69) is 13.8 Å². The van der Waals surface area contributed by atoms with Gasteiger partial charge >= 0.3 is 0 Å². The first-order valence-corrected chi connectivity index (χ1v) is 7.43. The molecule has 1 unspecified atom stereocenters. The molecule has 16 heavy (non-hydrogen) atoms. The molecule has 0 aliphatic heterocycles. The van der Waals surface area contributed by atoms with E-state index in [-0.39, 0.29) is 0 Å². The van der Waals surface area contributed by atoms with Gasteiger partial charge in [0.2, 0.25) is 0 Å². The second kappa shape index (κ2) is 7.32. The smallest absolute Gasteiger partial charge is 0.00205 e. The molecule has 1 rings (SSSR count). The Balaban J connectivity index is 1.97. The van der Waals surface area contributed by atoms with Gasteiger partial charge in [0.15, 0.2) is 0 Å². The maximum atomic E-state index is 5.93. The van der Waals surface area contributed by atoms with E-state index in [1.165, 1.54) is 64.2 Å². The van der Waals surface area contributed by atoms with E-state index in [1.807, 2.05) is 0 Å². The van der Waals surface area contributed by atoms with Crippen molar-refractivity contribution in [3.05, 3.63) is 0 Å². The molecule has 1 nitrogen and oxygen atoms in total.